The van der Waals surface area contributed by atoms with Gasteiger partial charge in [-0.05, 0) is 30.7 Å². The van der Waals surface area contributed by atoms with Crippen molar-refractivity contribution < 1.29 is 9.90 Å². The van der Waals surface area contributed by atoms with Crippen LogP contribution in [0.4, 0.5) is 5.82 Å². The third kappa shape index (κ3) is 4.18. The van der Waals surface area contributed by atoms with Crippen molar-refractivity contribution in [3.8, 4) is 0 Å². The molecule has 2 aromatic heterocycles. The molecule has 2 rings (SSSR count). The van der Waals surface area contributed by atoms with Crippen LogP contribution < -0.4 is 5.32 Å². The Bertz CT molecular complexity index is 594. The standard InChI is InChI=1S/C15H22N4O2/c1-11(2)12(3-4-14(20)21)5-7-16-15-13-6-8-18-19(13)10-9-17-15/h6,8-12H,3-5,7H2,1-2H3,(H,16,17)(H,20,21). The molecule has 6 nitrogen and oxygen atoms in total. The van der Waals surface area contributed by atoms with Crippen LogP contribution in [0.2, 0.25) is 0 Å². The predicted octanol–water partition coefficient (Wildman–Crippen LogP) is 2.67. The summed E-state index contributed by atoms with van der Waals surface area (Å²) in [6, 6.07) is 1.92. The fourth-order valence-corrected chi connectivity index (χ4v) is 2.49. The van der Waals surface area contributed by atoms with Gasteiger partial charge in [-0.2, -0.15) is 5.10 Å². The van der Waals surface area contributed by atoms with Gasteiger partial charge >= 0.3 is 5.97 Å². The zero-order valence-corrected chi connectivity index (χ0v) is 12.5. The van der Waals surface area contributed by atoms with Gasteiger partial charge < -0.3 is 10.4 Å². The zero-order valence-electron chi connectivity index (χ0n) is 12.5. The van der Waals surface area contributed by atoms with Gasteiger partial charge in [-0.1, -0.05) is 13.8 Å². The molecule has 0 aliphatic carbocycles. The maximum absolute atomic E-state index is 10.7. The lowest BCUT2D eigenvalue weighted by molar-refractivity contribution is -0.137. The van der Waals surface area contributed by atoms with Crippen molar-refractivity contribution in [3.63, 3.8) is 0 Å². The second kappa shape index (κ2) is 7.06. The maximum atomic E-state index is 10.7. The number of nitrogens with one attached hydrogen (secondary N) is 1. The minimum absolute atomic E-state index is 0.235. The molecule has 0 aliphatic rings. The lowest BCUT2D eigenvalue weighted by Crippen LogP contribution is -2.16. The van der Waals surface area contributed by atoms with Crippen molar-refractivity contribution >= 4 is 17.3 Å². The maximum Gasteiger partial charge on any atom is 0.303 e. The molecular formula is C15H22N4O2. The molecule has 114 valence electrons. The molecule has 0 saturated carbocycles. The van der Waals surface area contributed by atoms with Crippen LogP contribution in [-0.2, 0) is 4.79 Å². The summed E-state index contributed by atoms with van der Waals surface area (Å²) in [5.41, 5.74) is 0.948. The molecule has 0 saturated heterocycles. The Labute approximate surface area is 124 Å². The second-order valence-corrected chi connectivity index (χ2v) is 5.59. The minimum Gasteiger partial charge on any atom is -0.481 e. The lowest BCUT2D eigenvalue weighted by atomic mass is 9.88. The van der Waals surface area contributed by atoms with Crippen LogP contribution in [0, 0.1) is 11.8 Å². The molecule has 0 radical (unpaired) electrons. The van der Waals surface area contributed by atoms with E-state index in [0.717, 1.165) is 30.7 Å². The number of hydrogen-bond donors (Lipinski definition) is 2. The van der Waals surface area contributed by atoms with Gasteiger partial charge in [-0.25, -0.2) is 9.50 Å². The number of aromatic nitrogens is 3. The summed E-state index contributed by atoms with van der Waals surface area (Å²) in [7, 11) is 0. The van der Waals surface area contributed by atoms with Gasteiger partial charge in [0.05, 0.1) is 6.20 Å². The van der Waals surface area contributed by atoms with Crippen molar-refractivity contribution in [2.45, 2.75) is 33.1 Å². The number of nitrogens with zero attached hydrogens (tertiary/aromatic N) is 3. The molecule has 0 bridgehead atoms. The van der Waals surface area contributed by atoms with Gasteiger partial charge in [0.1, 0.15) is 5.52 Å². The van der Waals surface area contributed by atoms with Crippen LogP contribution in [0.5, 0.6) is 0 Å². The summed E-state index contributed by atoms with van der Waals surface area (Å²) >= 11 is 0. The Balaban J connectivity index is 1.89. The molecule has 6 heteroatoms. The molecule has 0 aromatic carbocycles. The average Bonchev–Trinajstić information content (AvgIpc) is 2.91. The summed E-state index contributed by atoms with van der Waals surface area (Å²) in [6.07, 6.45) is 7.16. The molecule has 0 spiro atoms. The number of carboxylic acids is 1. The highest BCUT2D eigenvalue weighted by Gasteiger charge is 2.15. The number of carboxylic acid groups (broad SMARTS) is 1. The van der Waals surface area contributed by atoms with E-state index in [-0.39, 0.29) is 6.42 Å². The molecule has 21 heavy (non-hydrogen) atoms. The lowest BCUT2D eigenvalue weighted by Gasteiger charge is -2.20. The molecule has 2 heterocycles. The predicted molar refractivity (Wildman–Crippen MR) is 81.3 cm³/mol. The van der Waals surface area contributed by atoms with Crippen molar-refractivity contribution in [2.75, 3.05) is 11.9 Å². The van der Waals surface area contributed by atoms with Gasteiger partial charge in [0.2, 0.25) is 0 Å². The first kappa shape index (κ1) is 15.3. The highest BCUT2D eigenvalue weighted by molar-refractivity contribution is 5.67. The van der Waals surface area contributed by atoms with E-state index < -0.39 is 5.97 Å². The van der Waals surface area contributed by atoms with Gasteiger partial charge in [-0.3, -0.25) is 4.79 Å². The fourth-order valence-electron chi connectivity index (χ4n) is 2.49. The van der Waals surface area contributed by atoms with Crippen LogP contribution in [0.1, 0.15) is 33.1 Å². The van der Waals surface area contributed by atoms with E-state index in [2.05, 4.69) is 29.2 Å². The Morgan fingerprint density at radius 2 is 2.19 bits per heavy atom. The quantitative estimate of drug-likeness (QED) is 0.781. The number of carbonyl (C=O) groups is 1. The Morgan fingerprint density at radius 3 is 2.90 bits per heavy atom. The van der Waals surface area contributed by atoms with Gasteiger partial charge in [0, 0.05) is 25.4 Å². The first-order valence-corrected chi connectivity index (χ1v) is 7.32. The van der Waals surface area contributed by atoms with E-state index >= 15 is 0 Å². The van der Waals surface area contributed by atoms with Crippen molar-refractivity contribution in [2.24, 2.45) is 11.8 Å². The number of anilines is 1. The smallest absolute Gasteiger partial charge is 0.303 e. The summed E-state index contributed by atoms with van der Waals surface area (Å²) in [5.74, 6) is 0.971. The minimum atomic E-state index is -0.723. The Hall–Kier alpha value is -2.11. The molecule has 2 aromatic rings. The first-order chi connectivity index (χ1) is 10.1. The van der Waals surface area contributed by atoms with Gasteiger partial charge in [0.15, 0.2) is 5.82 Å². The largest absolute Gasteiger partial charge is 0.481 e. The average molecular weight is 290 g/mol. The third-order valence-corrected chi connectivity index (χ3v) is 3.80. The number of rotatable bonds is 8. The summed E-state index contributed by atoms with van der Waals surface area (Å²) < 4.78 is 1.78. The SMILES string of the molecule is CC(C)C(CCNc1nccn2nccc12)CCC(=O)O. The van der Waals surface area contributed by atoms with Gasteiger partial charge in [0.25, 0.3) is 0 Å². The third-order valence-electron chi connectivity index (χ3n) is 3.80. The highest BCUT2D eigenvalue weighted by Crippen LogP contribution is 2.21. The van der Waals surface area contributed by atoms with Crippen molar-refractivity contribution in [1.82, 2.24) is 14.6 Å². The number of fused-ring (bicyclic) bond motifs is 1. The highest BCUT2D eigenvalue weighted by atomic mass is 16.4. The fraction of sp³-hybridized carbons (Fsp3) is 0.533. The Kier molecular flexibility index (Phi) is 5.14. The van der Waals surface area contributed by atoms with Crippen LogP contribution in [0.25, 0.3) is 5.52 Å². The van der Waals surface area contributed by atoms with Crippen molar-refractivity contribution in [1.29, 1.82) is 0 Å². The molecule has 0 aliphatic heterocycles. The van der Waals surface area contributed by atoms with Crippen LogP contribution in [0.15, 0.2) is 24.7 Å². The van der Waals surface area contributed by atoms with E-state index in [1.165, 1.54) is 0 Å². The summed E-state index contributed by atoms with van der Waals surface area (Å²) in [6.45, 7) is 5.06. The van der Waals surface area contributed by atoms with Gasteiger partial charge in [-0.15, -0.1) is 0 Å². The zero-order chi connectivity index (χ0) is 15.2. The van der Waals surface area contributed by atoms with Crippen molar-refractivity contribution in [3.05, 3.63) is 24.7 Å². The van der Waals surface area contributed by atoms with E-state index in [9.17, 15) is 4.79 Å². The monoisotopic (exact) mass is 290 g/mol. The molecule has 0 amide bonds. The summed E-state index contributed by atoms with van der Waals surface area (Å²) in [4.78, 5) is 15.0. The second-order valence-electron chi connectivity index (χ2n) is 5.59. The van der Waals surface area contributed by atoms with Crippen LogP contribution in [0.3, 0.4) is 0 Å². The molecule has 0 fully saturated rings. The molecule has 2 N–H and O–H groups in total. The normalized spacial score (nSPS) is 12.7. The van der Waals surface area contributed by atoms with E-state index in [4.69, 9.17) is 5.11 Å². The Morgan fingerprint density at radius 1 is 1.38 bits per heavy atom. The van der Waals surface area contributed by atoms with E-state index in [1.807, 2.05) is 12.3 Å². The topological polar surface area (TPSA) is 79.5 Å². The molecule has 1 atom stereocenters. The van der Waals surface area contributed by atoms with Crippen LogP contribution >= 0.6 is 0 Å². The summed E-state index contributed by atoms with van der Waals surface area (Å²) in [5, 5.41) is 16.3. The number of hydrogen-bond acceptors (Lipinski definition) is 4. The van der Waals surface area contributed by atoms with Crippen LogP contribution in [-0.4, -0.2) is 32.2 Å². The molecule has 1 unspecified atom stereocenters. The van der Waals surface area contributed by atoms with E-state index in [1.54, 1.807) is 16.9 Å². The number of aliphatic carboxylic acids is 1. The van der Waals surface area contributed by atoms with E-state index in [0.29, 0.717) is 11.8 Å². The first-order valence-electron chi connectivity index (χ1n) is 7.32. The molecular weight excluding hydrogens is 268 g/mol.